The van der Waals surface area contributed by atoms with Crippen LogP contribution < -0.4 is 5.32 Å². The number of fused-ring (bicyclic) bond motifs is 1. The summed E-state index contributed by atoms with van der Waals surface area (Å²) in [6.07, 6.45) is 0.248. The van der Waals surface area contributed by atoms with E-state index in [9.17, 15) is 9.59 Å². The average Bonchev–Trinajstić information content (AvgIpc) is 2.96. The van der Waals surface area contributed by atoms with Crippen molar-refractivity contribution < 1.29 is 14.3 Å². The smallest absolute Gasteiger partial charge is 0.410 e. The van der Waals surface area contributed by atoms with E-state index in [1.54, 1.807) is 29.2 Å². The van der Waals surface area contributed by atoms with E-state index in [4.69, 9.17) is 16.3 Å². The van der Waals surface area contributed by atoms with Crippen molar-refractivity contribution in [3.63, 3.8) is 0 Å². The summed E-state index contributed by atoms with van der Waals surface area (Å²) in [5.41, 5.74) is 1.63. The fourth-order valence-corrected chi connectivity index (χ4v) is 2.79. The predicted octanol–water partition coefficient (Wildman–Crippen LogP) is 3.61. The summed E-state index contributed by atoms with van der Waals surface area (Å²) < 4.78 is 5.43. The Bertz CT molecular complexity index is 824. The van der Waals surface area contributed by atoms with Gasteiger partial charge in [0.05, 0.1) is 6.54 Å². The molecule has 2 amide bonds. The molecule has 2 aromatic rings. The molecular weight excluding hydrogens is 356 g/mol. The molecule has 1 aliphatic rings. The Hall–Kier alpha value is -2.54. The van der Waals surface area contributed by atoms with E-state index in [1.807, 2.05) is 20.8 Å². The SMILES string of the molecule is CC(C)(C)OC(=O)N1CCc2[nH]nc(NC(=O)c3ccc(Cl)cc3)c2C1. The molecule has 0 spiro atoms. The van der Waals surface area contributed by atoms with Crippen LogP contribution in [0.5, 0.6) is 0 Å². The second kappa shape index (κ2) is 6.99. The lowest BCUT2D eigenvalue weighted by molar-refractivity contribution is 0.0224. The van der Waals surface area contributed by atoms with Gasteiger partial charge in [0.1, 0.15) is 5.60 Å². The highest BCUT2D eigenvalue weighted by atomic mass is 35.5. The molecule has 0 saturated carbocycles. The number of anilines is 1. The zero-order valence-electron chi connectivity index (χ0n) is 14.9. The zero-order chi connectivity index (χ0) is 18.9. The minimum absolute atomic E-state index is 0.287. The van der Waals surface area contributed by atoms with Gasteiger partial charge in [-0.3, -0.25) is 9.89 Å². The van der Waals surface area contributed by atoms with Crippen molar-refractivity contribution in [3.8, 4) is 0 Å². The van der Waals surface area contributed by atoms with Crippen LogP contribution in [-0.4, -0.2) is 39.2 Å². The minimum Gasteiger partial charge on any atom is -0.444 e. The Morgan fingerprint density at radius 2 is 1.96 bits per heavy atom. The van der Waals surface area contributed by atoms with Gasteiger partial charge in [-0.2, -0.15) is 5.10 Å². The third kappa shape index (κ3) is 4.16. The van der Waals surface area contributed by atoms with Crippen LogP contribution in [-0.2, 0) is 17.7 Å². The van der Waals surface area contributed by atoms with Gasteiger partial charge in [-0.05, 0) is 45.0 Å². The van der Waals surface area contributed by atoms with Crippen molar-refractivity contribution in [1.29, 1.82) is 0 Å². The molecule has 1 aliphatic heterocycles. The number of aromatic nitrogens is 2. The molecule has 138 valence electrons. The quantitative estimate of drug-likeness (QED) is 0.838. The fraction of sp³-hybridized carbons (Fsp3) is 0.389. The Kier molecular flexibility index (Phi) is 4.91. The van der Waals surface area contributed by atoms with E-state index in [0.29, 0.717) is 35.9 Å². The number of H-pyrrole nitrogens is 1. The van der Waals surface area contributed by atoms with Gasteiger partial charge in [-0.25, -0.2) is 4.79 Å². The largest absolute Gasteiger partial charge is 0.444 e. The number of carbonyl (C=O) groups excluding carboxylic acids is 2. The molecule has 26 heavy (non-hydrogen) atoms. The van der Waals surface area contributed by atoms with Crippen LogP contribution in [0.4, 0.5) is 10.6 Å². The standard InChI is InChI=1S/C18H21ClN4O3/c1-18(2,3)26-17(25)23-9-8-14-13(10-23)15(22-21-14)20-16(24)11-4-6-12(19)7-5-11/h4-7H,8-10H2,1-3H3,(H2,20,21,22,24). The number of hydrogen-bond acceptors (Lipinski definition) is 4. The predicted molar refractivity (Wildman–Crippen MR) is 98.3 cm³/mol. The maximum absolute atomic E-state index is 12.4. The van der Waals surface area contributed by atoms with Crippen LogP contribution in [0.1, 0.15) is 42.4 Å². The molecule has 0 fully saturated rings. The summed E-state index contributed by atoms with van der Waals surface area (Å²) >= 11 is 5.85. The van der Waals surface area contributed by atoms with Gasteiger partial charge in [-0.15, -0.1) is 0 Å². The van der Waals surface area contributed by atoms with Crippen molar-refractivity contribution in [3.05, 3.63) is 46.1 Å². The van der Waals surface area contributed by atoms with Crippen LogP contribution in [0.25, 0.3) is 0 Å². The molecule has 1 aromatic carbocycles. The summed E-state index contributed by atoms with van der Waals surface area (Å²) in [6.45, 7) is 6.35. The first-order valence-electron chi connectivity index (χ1n) is 8.34. The van der Waals surface area contributed by atoms with Crippen LogP contribution in [0.2, 0.25) is 5.02 Å². The minimum atomic E-state index is -0.556. The third-order valence-electron chi connectivity index (χ3n) is 3.92. The summed E-state index contributed by atoms with van der Waals surface area (Å²) in [6, 6.07) is 6.59. The number of carbonyl (C=O) groups is 2. The number of hydrogen-bond donors (Lipinski definition) is 2. The maximum atomic E-state index is 12.4. The first-order valence-corrected chi connectivity index (χ1v) is 8.72. The normalized spacial score (nSPS) is 13.9. The van der Waals surface area contributed by atoms with Crippen LogP contribution in [0.15, 0.2) is 24.3 Å². The molecular formula is C18H21ClN4O3. The van der Waals surface area contributed by atoms with Crippen molar-refractivity contribution in [2.75, 3.05) is 11.9 Å². The highest BCUT2D eigenvalue weighted by molar-refractivity contribution is 6.30. The number of halogens is 1. The van der Waals surface area contributed by atoms with Gasteiger partial charge in [0.15, 0.2) is 5.82 Å². The Morgan fingerprint density at radius 3 is 2.62 bits per heavy atom. The van der Waals surface area contributed by atoms with Gasteiger partial charge < -0.3 is 15.0 Å². The fourth-order valence-electron chi connectivity index (χ4n) is 2.66. The van der Waals surface area contributed by atoms with Gasteiger partial charge in [0, 0.05) is 34.8 Å². The lowest BCUT2D eigenvalue weighted by Crippen LogP contribution is -2.40. The molecule has 0 aliphatic carbocycles. The van der Waals surface area contributed by atoms with E-state index in [1.165, 1.54) is 0 Å². The lowest BCUT2D eigenvalue weighted by Gasteiger charge is -2.30. The van der Waals surface area contributed by atoms with E-state index in [-0.39, 0.29) is 12.0 Å². The highest BCUT2D eigenvalue weighted by Crippen LogP contribution is 2.25. The number of rotatable bonds is 2. The third-order valence-corrected chi connectivity index (χ3v) is 4.18. The zero-order valence-corrected chi connectivity index (χ0v) is 15.7. The van der Waals surface area contributed by atoms with Crippen molar-refractivity contribution in [2.45, 2.75) is 39.3 Å². The molecule has 7 nitrogen and oxygen atoms in total. The Balaban J connectivity index is 1.73. The van der Waals surface area contributed by atoms with Crippen molar-refractivity contribution in [2.24, 2.45) is 0 Å². The summed E-state index contributed by atoms with van der Waals surface area (Å²) in [4.78, 5) is 26.3. The summed E-state index contributed by atoms with van der Waals surface area (Å²) in [7, 11) is 0. The molecule has 2 heterocycles. The Labute approximate surface area is 156 Å². The second-order valence-electron chi connectivity index (χ2n) is 7.14. The lowest BCUT2D eigenvalue weighted by atomic mass is 10.1. The number of nitrogens with one attached hydrogen (secondary N) is 2. The second-order valence-corrected chi connectivity index (χ2v) is 7.58. The Morgan fingerprint density at radius 1 is 1.27 bits per heavy atom. The number of nitrogens with zero attached hydrogens (tertiary/aromatic N) is 2. The summed E-state index contributed by atoms with van der Waals surface area (Å²) in [5.74, 6) is 0.138. The maximum Gasteiger partial charge on any atom is 0.410 e. The number of ether oxygens (including phenoxy) is 1. The number of amides is 2. The highest BCUT2D eigenvalue weighted by Gasteiger charge is 2.29. The molecule has 3 rings (SSSR count). The molecule has 0 saturated heterocycles. The van der Waals surface area contributed by atoms with E-state index >= 15 is 0 Å². The molecule has 2 N–H and O–H groups in total. The number of benzene rings is 1. The molecule has 1 aromatic heterocycles. The molecule has 0 unspecified atom stereocenters. The van der Waals surface area contributed by atoms with Crippen LogP contribution in [0.3, 0.4) is 0 Å². The molecule has 0 radical (unpaired) electrons. The van der Waals surface area contributed by atoms with E-state index in [0.717, 1.165) is 11.3 Å². The molecule has 0 atom stereocenters. The van der Waals surface area contributed by atoms with E-state index < -0.39 is 5.60 Å². The van der Waals surface area contributed by atoms with Gasteiger partial charge in [0.25, 0.3) is 5.91 Å². The monoisotopic (exact) mass is 376 g/mol. The van der Waals surface area contributed by atoms with Gasteiger partial charge in [-0.1, -0.05) is 11.6 Å². The first-order chi connectivity index (χ1) is 12.2. The van der Waals surface area contributed by atoms with Gasteiger partial charge in [0.2, 0.25) is 0 Å². The molecule has 0 bridgehead atoms. The molecule has 8 heteroatoms. The number of aromatic amines is 1. The van der Waals surface area contributed by atoms with Crippen LogP contribution in [0, 0.1) is 0 Å². The van der Waals surface area contributed by atoms with Crippen molar-refractivity contribution >= 4 is 29.4 Å². The van der Waals surface area contributed by atoms with Gasteiger partial charge >= 0.3 is 6.09 Å². The first kappa shape index (κ1) is 18.3. The topological polar surface area (TPSA) is 87.3 Å². The summed E-state index contributed by atoms with van der Waals surface area (Å²) in [5, 5.41) is 10.5. The van der Waals surface area contributed by atoms with Crippen LogP contribution >= 0.6 is 11.6 Å². The average molecular weight is 377 g/mol. The van der Waals surface area contributed by atoms with Crippen molar-refractivity contribution in [1.82, 2.24) is 15.1 Å². The van der Waals surface area contributed by atoms with E-state index in [2.05, 4.69) is 15.5 Å².